The van der Waals surface area contributed by atoms with Crippen LogP contribution in [0.2, 0.25) is 0 Å². The average Bonchev–Trinajstić information content (AvgIpc) is 3.32. The first-order valence-corrected chi connectivity index (χ1v) is 9.55. The second-order valence-electron chi connectivity index (χ2n) is 8.60. The molecule has 4 rings (SSSR count). The molecule has 0 aromatic heterocycles. The van der Waals surface area contributed by atoms with Gasteiger partial charge >= 0.3 is 0 Å². The molecule has 130 valence electrons. The number of hydrogen-bond donors (Lipinski definition) is 1. The minimum Gasteiger partial charge on any atom is -0.396 e. The van der Waals surface area contributed by atoms with Gasteiger partial charge in [0.25, 0.3) is 0 Å². The lowest BCUT2D eigenvalue weighted by Crippen LogP contribution is -2.37. The van der Waals surface area contributed by atoms with E-state index in [2.05, 4.69) is 0 Å². The molecule has 4 aliphatic carbocycles. The topological polar surface area (TPSA) is 49.8 Å². The molecule has 4 saturated carbocycles. The molecule has 4 heteroatoms. The fourth-order valence-electron chi connectivity index (χ4n) is 7.17. The van der Waals surface area contributed by atoms with Gasteiger partial charge in [0.05, 0.1) is 7.11 Å². The molecule has 4 bridgehead atoms. The molecule has 0 aromatic carbocycles. The van der Waals surface area contributed by atoms with E-state index in [1.807, 2.05) is 0 Å². The first-order chi connectivity index (χ1) is 11.1. The van der Waals surface area contributed by atoms with Crippen molar-refractivity contribution in [2.24, 2.45) is 47.3 Å². The zero-order valence-corrected chi connectivity index (χ0v) is 14.5. The quantitative estimate of drug-likeness (QED) is 0.604. The Kier molecular flexibility index (Phi) is 4.17. The average molecular weight is 321 g/mol. The third-order valence-corrected chi connectivity index (χ3v) is 7.98. The number of nitrogens with zero attached hydrogens (tertiary/aromatic N) is 1. The molecule has 8 atom stereocenters. The Morgan fingerprint density at radius 3 is 2.61 bits per heavy atom. The number of aliphatic hydroxyl groups excluding tert-OH is 1. The molecular weight excluding hydrogens is 290 g/mol. The molecule has 4 fully saturated rings. The van der Waals surface area contributed by atoms with Crippen molar-refractivity contribution >= 4 is 5.91 Å². The van der Waals surface area contributed by atoms with Gasteiger partial charge in [0.1, 0.15) is 0 Å². The summed E-state index contributed by atoms with van der Waals surface area (Å²) in [6.45, 7) is 0.239. The molecular formula is C19H31NO3. The normalized spacial score (nSPS) is 44.6. The van der Waals surface area contributed by atoms with Crippen LogP contribution in [0.15, 0.2) is 0 Å². The van der Waals surface area contributed by atoms with Gasteiger partial charge in [0, 0.05) is 20.1 Å². The van der Waals surface area contributed by atoms with E-state index >= 15 is 0 Å². The maximum Gasteiger partial charge on any atom is 0.245 e. The summed E-state index contributed by atoms with van der Waals surface area (Å²) in [7, 11) is 3.18. The molecule has 0 radical (unpaired) electrons. The molecule has 1 amide bonds. The Labute approximate surface area is 139 Å². The van der Waals surface area contributed by atoms with Crippen molar-refractivity contribution < 1.29 is 14.7 Å². The minimum atomic E-state index is 0.0203. The van der Waals surface area contributed by atoms with Crippen molar-refractivity contribution in [1.82, 2.24) is 5.06 Å². The van der Waals surface area contributed by atoms with Crippen LogP contribution >= 0.6 is 0 Å². The van der Waals surface area contributed by atoms with Crippen LogP contribution in [0.1, 0.15) is 44.9 Å². The molecule has 0 saturated heterocycles. The fraction of sp³-hybridized carbons (Fsp3) is 0.947. The van der Waals surface area contributed by atoms with Crippen molar-refractivity contribution in [3.8, 4) is 0 Å². The van der Waals surface area contributed by atoms with Gasteiger partial charge in [0.15, 0.2) is 0 Å². The summed E-state index contributed by atoms with van der Waals surface area (Å²) in [6, 6.07) is 0. The van der Waals surface area contributed by atoms with Crippen molar-refractivity contribution in [3.63, 3.8) is 0 Å². The summed E-state index contributed by atoms with van der Waals surface area (Å²) in [5, 5.41) is 11.2. The molecule has 0 spiro atoms. The number of rotatable bonds is 6. The van der Waals surface area contributed by atoms with Crippen LogP contribution in [0.4, 0.5) is 0 Å². The summed E-state index contributed by atoms with van der Waals surface area (Å²) in [5.74, 6) is 6.76. The fourth-order valence-corrected chi connectivity index (χ4v) is 7.17. The molecule has 4 aliphatic rings. The highest BCUT2D eigenvalue weighted by Crippen LogP contribution is 2.69. The lowest BCUT2D eigenvalue weighted by Gasteiger charge is -2.41. The number of hydrogen-bond acceptors (Lipinski definition) is 3. The third kappa shape index (κ3) is 2.44. The van der Waals surface area contributed by atoms with E-state index in [1.54, 1.807) is 7.05 Å². The number of aliphatic hydroxyl groups is 1. The van der Waals surface area contributed by atoms with Gasteiger partial charge in [0.2, 0.25) is 5.91 Å². The monoisotopic (exact) mass is 321 g/mol. The molecule has 0 aliphatic heterocycles. The van der Waals surface area contributed by atoms with Gasteiger partial charge in [-0.2, -0.15) is 0 Å². The number of amides is 1. The predicted molar refractivity (Wildman–Crippen MR) is 87.1 cm³/mol. The highest BCUT2D eigenvalue weighted by atomic mass is 16.7. The van der Waals surface area contributed by atoms with Crippen LogP contribution in [0, 0.1) is 47.3 Å². The summed E-state index contributed by atoms with van der Waals surface area (Å²) < 4.78 is 0. The predicted octanol–water partition coefficient (Wildman–Crippen LogP) is 2.71. The Morgan fingerprint density at radius 1 is 1.17 bits per heavy atom. The summed E-state index contributed by atoms with van der Waals surface area (Å²) in [6.07, 6.45) is 8.47. The first kappa shape index (κ1) is 15.9. The molecule has 23 heavy (non-hydrogen) atoms. The minimum absolute atomic E-state index is 0.0203. The van der Waals surface area contributed by atoms with E-state index in [0.29, 0.717) is 18.3 Å². The van der Waals surface area contributed by atoms with E-state index in [0.717, 1.165) is 41.9 Å². The number of hydroxylamine groups is 2. The highest BCUT2D eigenvalue weighted by molar-refractivity contribution is 5.74. The maximum absolute atomic E-state index is 12.0. The molecule has 4 nitrogen and oxygen atoms in total. The Hall–Kier alpha value is -0.610. The van der Waals surface area contributed by atoms with Crippen LogP contribution in [0.25, 0.3) is 0 Å². The molecule has 8 unspecified atom stereocenters. The van der Waals surface area contributed by atoms with Gasteiger partial charge < -0.3 is 5.11 Å². The van der Waals surface area contributed by atoms with E-state index < -0.39 is 0 Å². The first-order valence-electron chi connectivity index (χ1n) is 9.55. The van der Waals surface area contributed by atoms with E-state index in [4.69, 9.17) is 4.84 Å². The maximum atomic E-state index is 12.0. The van der Waals surface area contributed by atoms with Crippen molar-refractivity contribution in [1.29, 1.82) is 0 Å². The highest BCUT2D eigenvalue weighted by Gasteiger charge is 2.62. The van der Waals surface area contributed by atoms with Crippen LogP contribution in [0.5, 0.6) is 0 Å². The molecule has 1 N–H and O–H groups in total. The number of fused-ring (bicyclic) bond motifs is 9. The smallest absolute Gasteiger partial charge is 0.245 e. The molecule has 0 aromatic rings. The van der Waals surface area contributed by atoms with Crippen LogP contribution in [-0.2, 0) is 9.63 Å². The zero-order chi connectivity index (χ0) is 16.1. The lowest BCUT2D eigenvalue weighted by atomic mass is 9.64. The Morgan fingerprint density at radius 2 is 1.91 bits per heavy atom. The lowest BCUT2D eigenvalue weighted by molar-refractivity contribution is -0.169. The van der Waals surface area contributed by atoms with E-state index in [9.17, 15) is 9.90 Å². The third-order valence-electron chi connectivity index (χ3n) is 7.98. The standard InChI is InChI=1S/C19H31NO3/c1-20(23-2)17(22)6-5-13(10-21)15-8-14-9-16(15)19-12-4-3-11(7-12)18(14)19/h11-16,18-19,21H,3-10H2,1-2H3. The summed E-state index contributed by atoms with van der Waals surface area (Å²) in [5.41, 5.74) is 0. The zero-order valence-electron chi connectivity index (χ0n) is 14.5. The second kappa shape index (κ2) is 6.03. The van der Waals surface area contributed by atoms with Crippen molar-refractivity contribution in [2.75, 3.05) is 20.8 Å². The largest absolute Gasteiger partial charge is 0.396 e. The summed E-state index contributed by atoms with van der Waals surface area (Å²) in [4.78, 5) is 16.9. The number of carbonyl (C=O) groups excluding carboxylic acids is 1. The number of carbonyl (C=O) groups is 1. The second-order valence-corrected chi connectivity index (χ2v) is 8.60. The molecule has 0 heterocycles. The Balaban J connectivity index is 1.39. The van der Waals surface area contributed by atoms with Crippen LogP contribution < -0.4 is 0 Å². The SMILES string of the molecule is CON(C)C(=O)CCC(CO)C1CC2CC1C1C3CCC(C3)C21. The van der Waals surface area contributed by atoms with Crippen molar-refractivity contribution in [2.45, 2.75) is 44.9 Å². The van der Waals surface area contributed by atoms with Crippen molar-refractivity contribution in [3.05, 3.63) is 0 Å². The van der Waals surface area contributed by atoms with Gasteiger partial charge in [-0.05, 0) is 85.9 Å². The van der Waals surface area contributed by atoms with Gasteiger partial charge in [-0.25, -0.2) is 5.06 Å². The summed E-state index contributed by atoms with van der Waals surface area (Å²) >= 11 is 0. The van der Waals surface area contributed by atoms with Crippen LogP contribution in [0.3, 0.4) is 0 Å². The Bertz CT molecular complexity index is 468. The van der Waals surface area contributed by atoms with Gasteiger partial charge in [-0.15, -0.1) is 0 Å². The van der Waals surface area contributed by atoms with E-state index in [-0.39, 0.29) is 12.5 Å². The van der Waals surface area contributed by atoms with Gasteiger partial charge in [-0.1, -0.05) is 0 Å². The van der Waals surface area contributed by atoms with Gasteiger partial charge in [-0.3, -0.25) is 9.63 Å². The van der Waals surface area contributed by atoms with Crippen LogP contribution in [-0.4, -0.2) is 36.8 Å². The van der Waals surface area contributed by atoms with E-state index in [1.165, 1.54) is 44.3 Å².